The molecule has 4 N–H and O–H groups in total. The number of benzene rings is 4. The van der Waals surface area contributed by atoms with Crippen molar-refractivity contribution in [2.45, 2.75) is 102 Å². The first kappa shape index (κ1) is 33.0. The fourth-order valence-electron chi connectivity index (χ4n) is 8.27. The van der Waals surface area contributed by atoms with E-state index in [9.17, 15) is 0 Å². The number of ether oxygens (including phenoxy) is 2. The van der Waals surface area contributed by atoms with E-state index in [1.165, 1.54) is 101 Å². The van der Waals surface area contributed by atoms with E-state index in [1.807, 2.05) is 48.5 Å². The van der Waals surface area contributed by atoms with E-state index in [4.69, 9.17) is 20.9 Å². The maximum absolute atomic E-state index is 6.16. The Kier molecular flexibility index (Phi) is 11.1. The second kappa shape index (κ2) is 15.8. The standard InChI is InChI=1S/C43H54N2O2/c1-2-3-4-5-6-32-7-9-33(10-8-32)31-34-27-29-43(30-28-34,35-11-19-39(20-12-35)46-41-23-15-37(44)16-24-41)36-13-21-40(22-14-36)47-42-25-17-38(45)18-26-42/h11-26,32-34H,2-10,27-31,44-45H2,1H3. The molecule has 248 valence electrons. The molecule has 4 nitrogen and oxygen atoms in total. The van der Waals surface area contributed by atoms with Crippen LogP contribution in [0.15, 0.2) is 97.1 Å². The maximum atomic E-state index is 6.16. The highest BCUT2D eigenvalue weighted by Gasteiger charge is 2.39. The minimum Gasteiger partial charge on any atom is -0.457 e. The van der Waals surface area contributed by atoms with Gasteiger partial charge in [0.25, 0.3) is 0 Å². The lowest BCUT2D eigenvalue weighted by Gasteiger charge is -2.42. The number of nitrogens with two attached hydrogens (primary N) is 2. The lowest BCUT2D eigenvalue weighted by atomic mass is 9.61. The molecule has 0 unspecified atom stereocenters. The molecule has 2 fully saturated rings. The van der Waals surface area contributed by atoms with E-state index in [1.54, 1.807) is 0 Å². The molecule has 0 saturated heterocycles. The van der Waals surface area contributed by atoms with E-state index in [0.717, 1.165) is 52.1 Å². The Labute approximate surface area is 282 Å². The van der Waals surface area contributed by atoms with Crippen molar-refractivity contribution < 1.29 is 9.47 Å². The first-order chi connectivity index (χ1) is 23.0. The Hall–Kier alpha value is -3.92. The number of rotatable bonds is 13. The van der Waals surface area contributed by atoms with Gasteiger partial charge in [0.1, 0.15) is 23.0 Å². The fraction of sp³-hybridized carbons (Fsp3) is 0.442. The molecule has 0 aromatic heterocycles. The zero-order chi connectivity index (χ0) is 32.5. The molecule has 2 saturated carbocycles. The van der Waals surface area contributed by atoms with E-state index in [2.05, 4.69) is 55.5 Å². The normalized spacial score (nSPS) is 19.7. The van der Waals surface area contributed by atoms with Gasteiger partial charge in [-0.3, -0.25) is 0 Å². The Bertz CT molecular complexity index is 1400. The van der Waals surface area contributed by atoms with Crippen LogP contribution in [0.1, 0.15) is 108 Å². The van der Waals surface area contributed by atoms with Gasteiger partial charge in [-0.05, 0) is 134 Å². The molecule has 0 aliphatic heterocycles. The van der Waals surface area contributed by atoms with E-state index in [-0.39, 0.29) is 5.41 Å². The summed E-state index contributed by atoms with van der Waals surface area (Å²) >= 11 is 0. The van der Waals surface area contributed by atoms with Crippen molar-refractivity contribution in [2.24, 2.45) is 17.8 Å². The lowest BCUT2D eigenvalue weighted by Crippen LogP contribution is -2.34. The highest BCUT2D eigenvalue weighted by molar-refractivity contribution is 5.47. The molecule has 0 spiro atoms. The van der Waals surface area contributed by atoms with Crippen molar-refractivity contribution in [1.82, 2.24) is 0 Å². The van der Waals surface area contributed by atoms with Gasteiger partial charge in [0.15, 0.2) is 0 Å². The molecule has 0 bridgehead atoms. The van der Waals surface area contributed by atoms with Crippen LogP contribution in [0.4, 0.5) is 11.4 Å². The van der Waals surface area contributed by atoms with E-state index >= 15 is 0 Å². The van der Waals surface area contributed by atoms with Gasteiger partial charge in [-0.25, -0.2) is 0 Å². The van der Waals surface area contributed by atoms with Crippen molar-refractivity contribution in [3.05, 3.63) is 108 Å². The molecule has 4 heteroatoms. The molecule has 4 aromatic carbocycles. The molecule has 0 amide bonds. The van der Waals surface area contributed by atoms with Crippen LogP contribution in [0.3, 0.4) is 0 Å². The summed E-state index contributed by atoms with van der Waals surface area (Å²) in [5, 5.41) is 0. The van der Waals surface area contributed by atoms with Crippen molar-refractivity contribution in [3.63, 3.8) is 0 Å². The number of hydrogen-bond acceptors (Lipinski definition) is 4. The monoisotopic (exact) mass is 630 g/mol. The Morgan fingerprint density at radius 2 is 0.915 bits per heavy atom. The summed E-state index contributed by atoms with van der Waals surface area (Å²) in [4.78, 5) is 0. The second-order valence-electron chi connectivity index (χ2n) is 14.4. The molecule has 0 atom stereocenters. The van der Waals surface area contributed by atoms with Gasteiger partial charge in [-0.1, -0.05) is 89.0 Å². The summed E-state index contributed by atoms with van der Waals surface area (Å²) in [6, 6.07) is 32.8. The maximum Gasteiger partial charge on any atom is 0.127 e. The smallest absolute Gasteiger partial charge is 0.127 e. The van der Waals surface area contributed by atoms with Gasteiger partial charge in [-0.15, -0.1) is 0 Å². The highest BCUT2D eigenvalue weighted by Crippen LogP contribution is 2.49. The van der Waals surface area contributed by atoms with Gasteiger partial charge in [0.2, 0.25) is 0 Å². The zero-order valence-electron chi connectivity index (χ0n) is 28.3. The minimum atomic E-state index is -0.0217. The molecule has 2 aliphatic carbocycles. The second-order valence-corrected chi connectivity index (χ2v) is 14.4. The average Bonchev–Trinajstić information content (AvgIpc) is 3.11. The van der Waals surface area contributed by atoms with Crippen LogP contribution in [0, 0.1) is 17.8 Å². The molecular weight excluding hydrogens is 576 g/mol. The van der Waals surface area contributed by atoms with Crippen LogP contribution < -0.4 is 20.9 Å². The molecule has 47 heavy (non-hydrogen) atoms. The average molecular weight is 631 g/mol. The summed E-state index contributed by atoms with van der Waals surface area (Å²) in [6.07, 6.45) is 19.2. The third-order valence-corrected chi connectivity index (χ3v) is 11.1. The zero-order valence-corrected chi connectivity index (χ0v) is 28.3. The molecule has 0 heterocycles. The van der Waals surface area contributed by atoms with Crippen LogP contribution in [0.5, 0.6) is 23.0 Å². The molecule has 6 rings (SSSR count). The van der Waals surface area contributed by atoms with Gasteiger partial charge in [-0.2, -0.15) is 0 Å². The molecule has 4 aromatic rings. The van der Waals surface area contributed by atoms with Crippen LogP contribution in [-0.2, 0) is 5.41 Å². The van der Waals surface area contributed by atoms with Crippen molar-refractivity contribution in [3.8, 4) is 23.0 Å². The molecular formula is C43H54N2O2. The Balaban J connectivity index is 1.13. The predicted octanol–water partition coefficient (Wildman–Crippen LogP) is 12.1. The Morgan fingerprint density at radius 3 is 1.36 bits per heavy atom. The van der Waals surface area contributed by atoms with Crippen LogP contribution in [-0.4, -0.2) is 0 Å². The third-order valence-electron chi connectivity index (χ3n) is 11.1. The van der Waals surface area contributed by atoms with Gasteiger partial charge in [0.05, 0.1) is 0 Å². The minimum absolute atomic E-state index is 0.0217. The van der Waals surface area contributed by atoms with E-state index < -0.39 is 0 Å². The summed E-state index contributed by atoms with van der Waals surface area (Å²) in [5.74, 6) is 6.02. The number of anilines is 2. The summed E-state index contributed by atoms with van der Waals surface area (Å²) in [6.45, 7) is 2.31. The lowest BCUT2D eigenvalue weighted by molar-refractivity contribution is 0.184. The van der Waals surface area contributed by atoms with Crippen LogP contribution >= 0.6 is 0 Å². The largest absolute Gasteiger partial charge is 0.457 e. The van der Waals surface area contributed by atoms with Gasteiger partial charge < -0.3 is 20.9 Å². The van der Waals surface area contributed by atoms with Crippen molar-refractivity contribution >= 4 is 11.4 Å². The van der Waals surface area contributed by atoms with Crippen molar-refractivity contribution in [2.75, 3.05) is 11.5 Å². The third kappa shape index (κ3) is 8.71. The summed E-state index contributed by atoms with van der Waals surface area (Å²) in [7, 11) is 0. The quantitative estimate of drug-likeness (QED) is 0.114. The van der Waals surface area contributed by atoms with E-state index in [0.29, 0.717) is 0 Å². The van der Waals surface area contributed by atoms with Crippen LogP contribution in [0.2, 0.25) is 0 Å². The first-order valence-electron chi connectivity index (χ1n) is 18.3. The fourth-order valence-corrected chi connectivity index (χ4v) is 8.27. The number of nitrogen functional groups attached to an aromatic ring is 2. The molecule has 0 radical (unpaired) electrons. The molecule has 2 aliphatic rings. The topological polar surface area (TPSA) is 70.5 Å². The highest BCUT2D eigenvalue weighted by atomic mass is 16.5. The van der Waals surface area contributed by atoms with Crippen molar-refractivity contribution in [1.29, 1.82) is 0 Å². The van der Waals surface area contributed by atoms with Crippen LogP contribution in [0.25, 0.3) is 0 Å². The summed E-state index contributed by atoms with van der Waals surface area (Å²) < 4.78 is 12.3. The van der Waals surface area contributed by atoms with Gasteiger partial charge >= 0.3 is 0 Å². The predicted molar refractivity (Wildman–Crippen MR) is 196 cm³/mol. The first-order valence-corrected chi connectivity index (χ1v) is 18.3. The Morgan fingerprint density at radius 1 is 0.511 bits per heavy atom. The number of hydrogen-bond donors (Lipinski definition) is 2. The number of unbranched alkanes of at least 4 members (excludes halogenated alkanes) is 3. The SMILES string of the molecule is CCCCCCC1CCC(CC2CCC(c3ccc(Oc4ccc(N)cc4)cc3)(c3ccc(Oc4ccc(N)cc4)cc3)CC2)CC1. The summed E-state index contributed by atoms with van der Waals surface area (Å²) in [5.41, 5.74) is 15.9. The van der Waals surface area contributed by atoms with Gasteiger partial charge in [0, 0.05) is 16.8 Å².